The number of carbonyl (C=O) groups excluding carboxylic acids is 1. The van der Waals surface area contributed by atoms with Crippen molar-refractivity contribution < 1.29 is 13.2 Å². The van der Waals surface area contributed by atoms with Crippen molar-refractivity contribution in [2.24, 2.45) is 0 Å². The number of hydrogen-bond donors (Lipinski definition) is 0. The number of aromatic nitrogens is 1. The number of sulfone groups is 1. The van der Waals surface area contributed by atoms with Gasteiger partial charge in [0.2, 0.25) is 9.84 Å². The number of nitrogens with zero attached hydrogens (tertiary/aromatic N) is 3. The number of anilines is 1. The summed E-state index contributed by atoms with van der Waals surface area (Å²) in [6, 6.07) is 17.8. The zero-order chi connectivity index (χ0) is 24.4. The number of ketones is 1. The molecule has 35 heavy (non-hydrogen) atoms. The minimum Gasteiger partial charge on any atom is -0.369 e. The van der Waals surface area contributed by atoms with Crippen LogP contribution in [-0.4, -0.2) is 57.3 Å². The lowest BCUT2D eigenvalue weighted by atomic mass is 10.1. The predicted molar refractivity (Wildman–Crippen MR) is 140 cm³/mol. The van der Waals surface area contributed by atoms with E-state index in [-0.39, 0.29) is 15.6 Å². The Kier molecular flexibility index (Phi) is 6.69. The number of hydrogen-bond acceptors (Lipinski definition) is 7. The molecule has 0 radical (unpaired) electrons. The fraction of sp³-hybridized carbons (Fsp3) is 0.259. The van der Waals surface area contributed by atoms with Gasteiger partial charge in [0.25, 0.3) is 0 Å². The number of piperazine rings is 1. The van der Waals surface area contributed by atoms with Crippen LogP contribution >= 0.6 is 11.3 Å². The normalized spacial score (nSPS) is 14.9. The van der Waals surface area contributed by atoms with Crippen LogP contribution in [0.1, 0.15) is 21.7 Å². The van der Waals surface area contributed by atoms with Crippen LogP contribution in [-0.2, 0) is 16.3 Å². The Morgan fingerprint density at radius 2 is 1.60 bits per heavy atom. The number of thiophene rings is 1. The highest BCUT2D eigenvalue weighted by molar-refractivity contribution is 7.91. The van der Waals surface area contributed by atoms with Gasteiger partial charge in [-0.2, -0.15) is 0 Å². The summed E-state index contributed by atoms with van der Waals surface area (Å²) in [5, 5.41) is 1.03. The number of benzene rings is 2. The molecule has 0 atom stereocenters. The summed E-state index contributed by atoms with van der Waals surface area (Å²) >= 11 is 1.46. The first-order chi connectivity index (χ1) is 16.9. The van der Waals surface area contributed by atoms with Crippen molar-refractivity contribution in [1.29, 1.82) is 0 Å². The number of likely N-dealkylation sites (N-methyl/N-ethyl adjacent to an activating group) is 1. The third-order valence-corrected chi connectivity index (χ3v) is 9.40. The topological polar surface area (TPSA) is 70.6 Å². The third kappa shape index (κ3) is 5.15. The Morgan fingerprint density at radius 1 is 0.943 bits per heavy atom. The van der Waals surface area contributed by atoms with Crippen molar-refractivity contribution >= 4 is 42.7 Å². The Bertz CT molecular complexity index is 1400. The fourth-order valence-electron chi connectivity index (χ4n) is 4.28. The van der Waals surface area contributed by atoms with Crippen molar-refractivity contribution in [2.75, 3.05) is 38.1 Å². The van der Waals surface area contributed by atoms with E-state index in [1.165, 1.54) is 11.3 Å². The summed E-state index contributed by atoms with van der Waals surface area (Å²) in [4.78, 5) is 22.6. The minimum absolute atomic E-state index is 0.0864. The monoisotopic (exact) mass is 505 g/mol. The van der Waals surface area contributed by atoms with Gasteiger partial charge in [-0.3, -0.25) is 9.78 Å². The summed E-state index contributed by atoms with van der Waals surface area (Å²) < 4.78 is 27.3. The lowest BCUT2D eigenvalue weighted by Crippen LogP contribution is -2.44. The van der Waals surface area contributed by atoms with Gasteiger partial charge in [-0.1, -0.05) is 12.1 Å². The van der Waals surface area contributed by atoms with Crippen LogP contribution in [0.25, 0.3) is 10.1 Å². The molecule has 1 aliphatic rings. The van der Waals surface area contributed by atoms with Crippen LogP contribution in [0.15, 0.2) is 82.8 Å². The van der Waals surface area contributed by atoms with Crippen molar-refractivity contribution in [3.8, 4) is 0 Å². The van der Waals surface area contributed by atoms with E-state index in [2.05, 4.69) is 21.8 Å². The molecule has 6 nitrogen and oxygen atoms in total. The highest BCUT2D eigenvalue weighted by atomic mass is 32.2. The third-order valence-electron chi connectivity index (χ3n) is 6.49. The summed E-state index contributed by atoms with van der Waals surface area (Å²) in [6.45, 7) is 3.87. The molecule has 8 heteroatoms. The molecule has 0 amide bonds. The van der Waals surface area contributed by atoms with Crippen LogP contribution in [0.4, 0.5) is 5.69 Å². The van der Waals surface area contributed by atoms with E-state index in [0.29, 0.717) is 12.8 Å². The average molecular weight is 506 g/mol. The maximum atomic E-state index is 13.1. The summed E-state index contributed by atoms with van der Waals surface area (Å²) in [5.41, 5.74) is 1.98. The van der Waals surface area contributed by atoms with Gasteiger partial charge < -0.3 is 9.80 Å². The van der Waals surface area contributed by atoms with Crippen molar-refractivity contribution in [3.05, 3.63) is 83.5 Å². The smallest absolute Gasteiger partial charge is 0.206 e. The van der Waals surface area contributed by atoms with Crippen LogP contribution < -0.4 is 4.90 Å². The van der Waals surface area contributed by atoms with Crippen LogP contribution in [0.3, 0.4) is 0 Å². The van der Waals surface area contributed by atoms with Gasteiger partial charge in [0.15, 0.2) is 5.78 Å². The number of aryl methyl sites for hydroxylation is 1. The zero-order valence-electron chi connectivity index (χ0n) is 19.6. The molecule has 1 fully saturated rings. The lowest BCUT2D eigenvalue weighted by molar-refractivity contribution is 0.0987. The maximum absolute atomic E-state index is 13.1. The fourth-order valence-corrected chi connectivity index (χ4v) is 6.53. The van der Waals surface area contributed by atoms with Gasteiger partial charge in [0.1, 0.15) is 0 Å². The van der Waals surface area contributed by atoms with Crippen LogP contribution in [0, 0.1) is 0 Å². The Hall–Kier alpha value is -3.07. The van der Waals surface area contributed by atoms with Gasteiger partial charge in [0, 0.05) is 50.7 Å². The van der Waals surface area contributed by atoms with E-state index < -0.39 is 9.84 Å². The van der Waals surface area contributed by atoms with Gasteiger partial charge in [0.05, 0.1) is 19.4 Å². The largest absolute Gasteiger partial charge is 0.369 e. The number of Topliss-reactive ketones (excluding diaryl/α,β-unsaturated/α-hetero) is 1. The van der Waals surface area contributed by atoms with Gasteiger partial charge in [-0.05, 0) is 72.9 Å². The number of fused-ring (bicyclic) bond motifs is 1. The molecule has 0 spiro atoms. The van der Waals surface area contributed by atoms with Crippen LogP contribution in [0.5, 0.6) is 0 Å². The van der Waals surface area contributed by atoms with E-state index in [1.807, 2.05) is 24.3 Å². The highest BCUT2D eigenvalue weighted by Gasteiger charge is 2.19. The molecule has 0 unspecified atom stereocenters. The van der Waals surface area contributed by atoms with E-state index in [0.717, 1.165) is 52.4 Å². The average Bonchev–Trinajstić information content (AvgIpc) is 3.33. The second-order valence-corrected chi connectivity index (χ2v) is 11.9. The number of rotatable bonds is 7. The van der Waals surface area contributed by atoms with Gasteiger partial charge >= 0.3 is 0 Å². The Balaban J connectivity index is 1.23. The van der Waals surface area contributed by atoms with Crippen molar-refractivity contribution in [3.63, 3.8) is 0 Å². The van der Waals surface area contributed by atoms with Gasteiger partial charge in [-0.25, -0.2) is 8.42 Å². The second-order valence-electron chi connectivity index (χ2n) is 8.88. The molecule has 2 aromatic carbocycles. The molecule has 0 bridgehead atoms. The van der Waals surface area contributed by atoms with Crippen LogP contribution in [0.2, 0.25) is 0 Å². The molecule has 1 saturated heterocycles. The van der Waals surface area contributed by atoms with E-state index in [4.69, 9.17) is 0 Å². The standard InChI is InChI=1S/C27H27N3O3S2/c1-29-14-16-30(17-15-29)22-5-9-24(10-6-22)35(32,33)23-7-2-20(3-8-23)4-11-25(31)26-18-21-12-13-28-19-27(21)34-26/h2-3,5-10,12-13,18-19H,4,11,14-17H2,1H3. The first-order valence-electron chi connectivity index (χ1n) is 11.6. The summed E-state index contributed by atoms with van der Waals surface area (Å²) in [7, 11) is -1.49. The summed E-state index contributed by atoms with van der Waals surface area (Å²) in [5.74, 6) is 0.0864. The molecule has 180 valence electrons. The molecule has 0 N–H and O–H groups in total. The highest BCUT2D eigenvalue weighted by Crippen LogP contribution is 2.27. The van der Waals surface area contributed by atoms with E-state index in [9.17, 15) is 13.2 Å². The molecule has 1 aliphatic heterocycles. The lowest BCUT2D eigenvalue weighted by Gasteiger charge is -2.34. The number of carbonyl (C=O) groups is 1. The van der Waals surface area contributed by atoms with Gasteiger partial charge in [-0.15, -0.1) is 11.3 Å². The molecular weight excluding hydrogens is 478 g/mol. The first-order valence-corrected chi connectivity index (χ1v) is 13.9. The molecule has 3 heterocycles. The first kappa shape index (κ1) is 23.7. The minimum atomic E-state index is -3.60. The van der Waals surface area contributed by atoms with Crippen molar-refractivity contribution in [1.82, 2.24) is 9.88 Å². The quantitative estimate of drug-likeness (QED) is 0.339. The van der Waals surface area contributed by atoms with E-state index in [1.54, 1.807) is 48.8 Å². The molecule has 5 rings (SSSR count). The second kappa shape index (κ2) is 9.89. The zero-order valence-corrected chi connectivity index (χ0v) is 21.2. The van der Waals surface area contributed by atoms with Crippen molar-refractivity contribution in [2.45, 2.75) is 22.6 Å². The summed E-state index contributed by atoms with van der Waals surface area (Å²) in [6.07, 6.45) is 4.43. The molecule has 4 aromatic rings. The maximum Gasteiger partial charge on any atom is 0.206 e. The Morgan fingerprint density at radius 3 is 2.26 bits per heavy atom. The Labute approximate surface area is 209 Å². The molecule has 0 aliphatic carbocycles. The molecule has 0 saturated carbocycles. The SMILES string of the molecule is CN1CCN(c2ccc(S(=O)(=O)c3ccc(CCC(=O)c4cc5ccncc5s4)cc3)cc2)CC1. The molecular formula is C27H27N3O3S2. The number of pyridine rings is 1. The molecule has 2 aromatic heterocycles. The predicted octanol–water partition coefficient (Wildman–Crippen LogP) is 4.70. The van der Waals surface area contributed by atoms with E-state index >= 15 is 0 Å².